The summed E-state index contributed by atoms with van der Waals surface area (Å²) >= 11 is 11.1. The number of esters is 1. The molecule has 0 aromatic carbocycles. The van der Waals surface area contributed by atoms with Crippen molar-refractivity contribution >= 4 is 35.1 Å². The normalized spacial score (nSPS) is 9.57. The van der Waals surface area contributed by atoms with E-state index in [-0.39, 0.29) is 15.8 Å². The van der Waals surface area contributed by atoms with Crippen molar-refractivity contribution in [3.63, 3.8) is 0 Å². The second-order valence-electron chi connectivity index (χ2n) is 2.13. The fourth-order valence-electron chi connectivity index (χ4n) is 0.633. The molecule has 0 aliphatic heterocycles. The van der Waals surface area contributed by atoms with Crippen LogP contribution in [0.1, 0.15) is 0 Å². The molecule has 0 radical (unpaired) electrons. The highest BCUT2D eigenvalue weighted by Gasteiger charge is 2.18. The molecule has 1 rings (SSSR count). The Hall–Kier alpha value is -1.33. The molecule has 1 heterocycles. The maximum atomic E-state index is 10.7. The first-order valence-electron chi connectivity index (χ1n) is 3.26. The maximum Gasteiger partial charge on any atom is 0.422 e. The Morgan fingerprint density at radius 3 is 2.21 bits per heavy atom. The summed E-state index contributed by atoms with van der Waals surface area (Å²) in [6.07, 6.45) is 2.36. The number of carboxylic acids is 1. The van der Waals surface area contributed by atoms with Crippen molar-refractivity contribution in [3.8, 4) is 5.75 Å². The predicted octanol–water partition coefficient (Wildman–Crippen LogP) is 1.38. The SMILES string of the molecule is O=C(O)C(=O)Oc1c(Cl)cncc1Cl. The molecule has 0 aliphatic rings. The van der Waals surface area contributed by atoms with E-state index in [9.17, 15) is 9.59 Å². The van der Waals surface area contributed by atoms with Crippen LogP contribution in [0, 0.1) is 0 Å². The van der Waals surface area contributed by atoms with Gasteiger partial charge in [-0.05, 0) is 0 Å². The quantitative estimate of drug-likeness (QED) is 0.588. The molecule has 0 saturated heterocycles. The van der Waals surface area contributed by atoms with Crippen LogP contribution >= 0.6 is 23.2 Å². The molecule has 5 nitrogen and oxygen atoms in total. The van der Waals surface area contributed by atoms with E-state index in [1.165, 1.54) is 12.4 Å². The summed E-state index contributed by atoms with van der Waals surface area (Å²) in [5.41, 5.74) is 0. The second kappa shape index (κ2) is 4.26. The Labute approximate surface area is 88.2 Å². The van der Waals surface area contributed by atoms with Crippen LogP contribution in [-0.4, -0.2) is 22.0 Å². The molecule has 0 fully saturated rings. The van der Waals surface area contributed by atoms with Gasteiger partial charge in [0.05, 0.1) is 0 Å². The van der Waals surface area contributed by atoms with Gasteiger partial charge in [0.25, 0.3) is 0 Å². The molecule has 0 bridgehead atoms. The Kier molecular flexibility index (Phi) is 3.27. The molecule has 7 heteroatoms. The first-order chi connectivity index (χ1) is 6.52. The van der Waals surface area contributed by atoms with Crippen LogP contribution in [0.5, 0.6) is 5.75 Å². The molecule has 74 valence electrons. The van der Waals surface area contributed by atoms with Crippen LogP contribution in [0.15, 0.2) is 12.4 Å². The lowest BCUT2D eigenvalue weighted by Crippen LogP contribution is -2.19. The van der Waals surface area contributed by atoms with E-state index in [1.54, 1.807) is 0 Å². The second-order valence-corrected chi connectivity index (χ2v) is 2.94. The van der Waals surface area contributed by atoms with Gasteiger partial charge in [0.1, 0.15) is 10.0 Å². The number of carboxylic acid groups (broad SMARTS) is 1. The number of hydrogen-bond donors (Lipinski definition) is 1. The fourth-order valence-corrected chi connectivity index (χ4v) is 1.08. The van der Waals surface area contributed by atoms with E-state index >= 15 is 0 Å². The van der Waals surface area contributed by atoms with Crippen molar-refractivity contribution in [2.45, 2.75) is 0 Å². The average Bonchev–Trinajstić information content (AvgIpc) is 2.11. The van der Waals surface area contributed by atoms with Crippen molar-refractivity contribution in [2.75, 3.05) is 0 Å². The molecule has 1 aromatic heterocycles. The minimum atomic E-state index is -1.73. The number of aromatic nitrogens is 1. The van der Waals surface area contributed by atoms with Crippen LogP contribution in [0.4, 0.5) is 0 Å². The number of ether oxygens (including phenoxy) is 1. The minimum Gasteiger partial charge on any atom is -0.473 e. The number of halogens is 2. The van der Waals surface area contributed by atoms with E-state index in [2.05, 4.69) is 9.72 Å². The Morgan fingerprint density at radius 1 is 1.29 bits per heavy atom. The maximum absolute atomic E-state index is 10.7. The Morgan fingerprint density at radius 2 is 1.79 bits per heavy atom. The van der Waals surface area contributed by atoms with Gasteiger partial charge in [-0.15, -0.1) is 0 Å². The lowest BCUT2D eigenvalue weighted by atomic mass is 10.4. The summed E-state index contributed by atoms with van der Waals surface area (Å²) in [5.74, 6) is -3.40. The van der Waals surface area contributed by atoms with Crippen molar-refractivity contribution < 1.29 is 19.4 Å². The topological polar surface area (TPSA) is 76.5 Å². The van der Waals surface area contributed by atoms with Gasteiger partial charge in [-0.25, -0.2) is 9.59 Å². The van der Waals surface area contributed by atoms with Gasteiger partial charge in [-0.3, -0.25) is 4.98 Å². The molecule has 1 aromatic rings. The molecule has 0 spiro atoms. The van der Waals surface area contributed by atoms with Crippen molar-refractivity contribution in [1.82, 2.24) is 4.98 Å². The van der Waals surface area contributed by atoms with Crippen LogP contribution < -0.4 is 4.74 Å². The molecule has 0 aliphatic carbocycles. The third-order valence-corrected chi connectivity index (χ3v) is 1.72. The molecule has 0 atom stereocenters. The summed E-state index contributed by atoms with van der Waals surface area (Å²) in [4.78, 5) is 24.4. The summed E-state index contributed by atoms with van der Waals surface area (Å²) in [7, 11) is 0. The van der Waals surface area contributed by atoms with E-state index in [0.717, 1.165) is 0 Å². The first-order valence-corrected chi connectivity index (χ1v) is 4.02. The molecule has 0 saturated carbocycles. The van der Waals surface area contributed by atoms with Crippen LogP contribution in [0.2, 0.25) is 10.0 Å². The average molecular weight is 236 g/mol. The minimum absolute atomic E-state index is 0.0351. The number of rotatable bonds is 1. The van der Waals surface area contributed by atoms with Crippen LogP contribution in [-0.2, 0) is 9.59 Å². The molecule has 0 amide bonds. The summed E-state index contributed by atoms with van der Waals surface area (Å²) < 4.78 is 4.39. The Bertz CT molecular complexity index is 373. The van der Waals surface area contributed by atoms with E-state index < -0.39 is 11.9 Å². The van der Waals surface area contributed by atoms with Crippen molar-refractivity contribution in [2.24, 2.45) is 0 Å². The van der Waals surface area contributed by atoms with Gasteiger partial charge in [0.15, 0.2) is 5.75 Å². The van der Waals surface area contributed by atoms with Gasteiger partial charge in [0, 0.05) is 12.4 Å². The highest BCUT2D eigenvalue weighted by atomic mass is 35.5. The molecular weight excluding hydrogens is 233 g/mol. The number of carbonyl (C=O) groups excluding carboxylic acids is 1. The zero-order valence-corrected chi connectivity index (χ0v) is 8.04. The summed E-state index contributed by atoms with van der Waals surface area (Å²) in [5, 5.41) is 8.18. The van der Waals surface area contributed by atoms with Gasteiger partial charge < -0.3 is 9.84 Å². The van der Waals surface area contributed by atoms with Gasteiger partial charge in [-0.1, -0.05) is 23.2 Å². The van der Waals surface area contributed by atoms with Gasteiger partial charge in [-0.2, -0.15) is 0 Å². The third kappa shape index (κ3) is 2.34. The van der Waals surface area contributed by atoms with Gasteiger partial charge in [0.2, 0.25) is 0 Å². The number of aliphatic carboxylic acids is 1. The van der Waals surface area contributed by atoms with Crippen LogP contribution in [0.3, 0.4) is 0 Å². The summed E-state index contributed by atoms with van der Waals surface area (Å²) in [6, 6.07) is 0. The largest absolute Gasteiger partial charge is 0.473 e. The van der Waals surface area contributed by atoms with Crippen molar-refractivity contribution in [3.05, 3.63) is 22.4 Å². The van der Waals surface area contributed by atoms with E-state index in [1.807, 2.05) is 0 Å². The molecule has 0 unspecified atom stereocenters. The fraction of sp³-hybridized carbons (Fsp3) is 0. The zero-order valence-electron chi connectivity index (χ0n) is 6.53. The van der Waals surface area contributed by atoms with Gasteiger partial charge >= 0.3 is 11.9 Å². The van der Waals surface area contributed by atoms with Crippen LogP contribution in [0.25, 0.3) is 0 Å². The third-order valence-electron chi connectivity index (χ3n) is 1.18. The number of hydrogen-bond acceptors (Lipinski definition) is 4. The Balaban J connectivity index is 2.97. The predicted molar refractivity (Wildman–Crippen MR) is 47.5 cm³/mol. The molecule has 14 heavy (non-hydrogen) atoms. The smallest absolute Gasteiger partial charge is 0.422 e. The lowest BCUT2D eigenvalue weighted by Gasteiger charge is -2.04. The van der Waals surface area contributed by atoms with Crippen molar-refractivity contribution in [1.29, 1.82) is 0 Å². The number of nitrogens with zero attached hydrogens (tertiary/aromatic N) is 1. The van der Waals surface area contributed by atoms with E-state index in [4.69, 9.17) is 28.3 Å². The highest BCUT2D eigenvalue weighted by molar-refractivity contribution is 6.38. The lowest BCUT2D eigenvalue weighted by molar-refractivity contribution is -0.158. The number of pyridine rings is 1. The summed E-state index contributed by atoms with van der Waals surface area (Å²) in [6.45, 7) is 0. The molecule has 1 N–H and O–H groups in total. The molecular formula is C7H3Cl2NO4. The monoisotopic (exact) mass is 235 g/mol. The van der Waals surface area contributed by atoms with E-state index in [0.29, 0.717) is 0 Å². The standard InChI is InChI=1S/C7H3Cl2NO4/c8-3-1-10-2-4(9)5(3)14-7(13)6(11)12/h1-2H,(H,11,12). The first kappa shape index (κ1) is 10.7. The zero-order chi connectivity index (χ0) is 10.7. The highest BCUT2D eigenvalue weighted by Crippen LogP contribution is 2.31. The number of carbonyl (C=O) groups is 2.